The molecule has 118 valence electrons. The third kappa shape index (κ3) is 4.79. The predicted octanol–water partition coefficient (Wildman–Crippen LogP) is 1.52. The topological polar surface area (TPSA) is 73.6 Å². The van der Waals surface area contributed by atoms with Crippen molar-refractivity contribution >= 4 is 18.3 Å². The van der Waals surface area contributed by atoms with Gasteiger partial charge < -0.3 is 20.5 Å². The van der Waals surface area contributed by atoms with Crippen molar-refractivity contribution in [3.05, 3.63) is 23.8 Å². The molecule has 0 fully saturated rings. The van der Waals surface area contributed by atoms with Crippen LogP contribution in [0.25, 0.3) is 0 Å². The molecule has 1 aliphatic rings. The van der Waals surface area contributed by atoms with Gasteiger partial charge in [-0.05, 0) is 31.0 Å². The fraction of sp³-hybridized carbons (Fsp3) is 0.533. The van der Waals surface area contributed by atoms with E-state index in [-0.39, 0.29) is 30.3 Å². The Kier molecular flexibility index (Phi) is 6.78. The first-order chi connectivity index (χ1) is 9.58. The largest absolute Gasteiger partial charge is 0.486 e. The molecule has 0 aliphatic carbocycles. The summed E-state index contributed by atoms with van der Waals surface area (Å²) in [6.45, 7) is 5.45. The van der Waals surface area contributed by atoms with Gasteiger partial charge in [0, 0.05) is 18.5 Å². The smallest absolute Gasteiger partial charge is 0.224 e. The number of ether oxygens (including phenoxy) is 2. The van der Waals surface area contributed by atoms with Crippen molar-refractivity contribution in [1.29, 1.82) is 0 Å². The number of nitrogens with two attached hydrogens (primary N) is 1. The summed E-state index contributed by atoms with van der Waals surface area (Å²) in [6.07, 6.45) is 0.758. The lowest BCUT2D eigenvalue weighted by Gasteiger charge is -2.19. The summed E-state index contributed by atoms with van der Waals surface area (Å²) in [6, 6.07) is 5.74. The molecule has 21 heavy (non-hydrogen) atoms. The molecule has 5 nitrogen and oxygen atoms in total. The Morgan fingerprint density at radius 3 is 2.62 bits per heavy atom. The van der Waals surface area contributed by atoms with Crippen molar-refractivity contribution in [2.45, 2.75) is 26.3 Å². The number of hydrogen-bond donors (Lipinski definition) is 2. The van der Waals surface area contributed by atoms with Gasteiger partial charge >= 0.3 is 0 Å². The number of nitrogens with one attached hydrogen (secondary N) is 1. The lowest BCUT2D eigenvalue weighted by atomic mass is 10.0. The van der Waals surface area contributed by atoms with Crippen LogP contribution in [-0.2, 0) is 11.2 Å². The van der Waals surface area contributed by atoms with E-state index in [1.165, 1.54) is 0 Å². The SMILES string of the molecule is CC(N)C(C)C(=O)NCCc1ccc2c(c1)OCCO2.Cl. The molecule has 3 N–H and O–H groups in total. The predicted molar refractivity (Wildman–Crippen MR) is 84.2 cm³/mol. The lowest BCUT2D eigenvalue weighted by Crippen LogP contribution is -2.39. The van der Waals surface area contributed by atoms with Crippen molar-refractivity contribution in [3.8, 4) is 11.5 Å². The number of halogens is 1. The van der Waals surface area contributed by atoms with E-state index in [9.17, 15) is 4.79 Å². The minimum atomic E-state index is -0.171. The zero-order valence-corrected chi connectivity index (χ0v) is 13.2. The van der Waals surface area contributed by atoms with Gasteiger partial charge in [-0.1, -0.05) is 13.0 Å². The summed E-state index contributed by atoms with van der Waals surface area (Å²) < 4.78 is 11.0. The molecule has 1 amide bonds. The second-order valence-electron chi connectivity index (χ2n) is 5.17. The van der Waals surface area contributed by atoms with Gasteiger partial charge in [0.2, 0.25) is 5.91 Å². The van der Waals surface area contributed by atoms with Gasteiger partial charge in [0.05, 0.1) is 0 Å². The summed E-state index contributed by atoms with van der Waals surface area (Å²) in [5.41, 5.74) is 6.82. The van der Waals surface area contributed by atoms with Crippen LogP contribution in [0.1, 0.15) is 19.4 Å². The van der Waals surface area contributed by atoms with Crippen molar-refractivity contribution in [3.63, 3.8) is 0 Å². The van der Waals surface area contributed by atoms with E-state index in [1.54, 1.807) is 0 Å². The third-order valence-corrected chi connectivity index (χ3v) is 3.52. The zero-order valence-electron chi connectivity index (χ0n) is 12.4. The van der Waals surface area contributed by atoms with E-state index in [1.807, 2.05) is 32.0 Å². The number of carbonyl (C=O) groups excluding carboxylic acids is 1. The quantitative estimate of drug-likeness (QED) is 0.864. The van der Waals surface area contributed by atoms with E-state index in [0.717, 1.165) is 23.5 Å². The molecular weight excluding hydrogens is 292 g/mol. The molecule has 0 aromatic heterocycles. The molecule has 1 heterocycles. The zero-order chi connectivity index (χ0) is 14.5. The van der Waals surface area contributed by atoms with Crippen LogP contribution in [0.15, 0.2) is 18.2 Å². The summed E-state index contributed by atoms with van der Waals surface area (Å²) in [5, 5.41) is 2.90. The van der Waals surface area contributed by atoms with Crippen LogP contribution in [0.4, 0.5) is 0 Å². The summed E-state index contributed by atoms with van der Waals surface area (Å²) >= 11 is 0. The highest BCUT2D eigenvalue weighted by atomic mass is 35.5. The Bertz CT molecular complexity index is 480. The van der Waals surface area contributed by atoms with Crippen LogP contribution in [0.2, 0.25) is 0 Å². The number of benzene rings is 1. The second-order valence-corrected chi connectivity index (χ2v) is 5.17. The maximum Gasteiger partial charge on any atom is 0.224 e. The first-order valence-corrected chi connectivity index (χ1v) is 6.99. The molecule has 1 aromatic carbocycles. The van der Waals surface area contributed by atoms with Gasteiger partial charge in [-0.3, -0.25) is 4.79 Å². The standard InChI is InChI=1S/C15H22N2O3.ClH/c1-10(11(2)16)15(18)17-6-5-12-3-4-13-14(9-12)20-8-7-19-13;/h3-4,9-11H,5-8,16H2,1-2H3,(H,17,18);1H. The molecule has 1 aromatic rings. The van der Waals surface area contributed by atoms with Crippen LogP contribution in [0, 0.1) is 5.92 Å². The molecule has 0 bridgehead atoms. The highest BCUT2D eigenvalue weighted by molar-refractivity contribution is 5.85. The molecule has 0 radical (unpaired) electrons. The maximum atomic E-state index is 11.8. The van der Waals surface area contributed by atoms with Crippen molar-refractivity contribution in [1.82, 2.24) is 5.32 Å². The molecule has 2 unspecified atom stereocenters. The lowest BCUT2D eigenvalue weighted by molar-refractivity contribution is -0.124. The maximum absolute atomic E-state index is 11.8. The van der Waals surface area contributed by atoms with Gasteiger partial charge in [-0.2, -0.15) is 0 Å². The van der Waals surface area contributed by atoms with Crippen LogP contribution in [0.3, 0.4) is 0 Å². The van der Waals surface area contributed by atoms with E-state index >= 15 is 0 Å². The van der Waals surface area contributed by atoms with Crippen molar-refractivity contribution in [2.24, 2.45) is 11.7 Å². The minimum Gasteiger partial charge on any atom is -0.486 e. The number of carbonyl (C=O) groups is 1. The highest BCUT2D eigenvalue weighted by Crippen LogP contribution is 2.30. The molecule has 0 saturated heterocycles. The van der Waals surface area contributed by atoms with Crippen LogP contribution >= 0.6 is 12.4 Å². The van der Waals surface area contributed by atoms with E-state index in [0.29, 0.717) is 19.8 Å². The van der Waals surface area contributed by atoms with Gasteiger partial charge in [0.25, 0.3) is 0 Å². The van der Waals surface area contributed by atoms with Crippen LogP contribution in [-0.4, -0.2) is 31.7 Å². The number of hydrogen-bond acceptors (Lipinski definition) is 4. The molecule has 6 heteroatoms. The molecule has 0 spiro atoms. The number of rotatable bonds is 5. The van der Waals surface area contributed by atoms with Gasteiger partial charge in [0.1, 0.15) is 13.2 Å². The minimum absolute atomic E-state index is 0. The van der Waals surface area contributed by atoms with E-state index < -0.39 is 0 Å². The Hall–Kier alpha value is -1.46. The van der Waals surface area contributed by atoms with E-state index in [4.69, 9.17) is 15.2 Å². The van der Waals surface area contributed by atoms with Crippen molar-refractivity contribution in [2.75, 3.05) is 19.8 Å². The van der Waals surface area contributed by atoms with E-state index in [2.05, 4.69) is 5.32 Å². The molecule has 2 rings (SSSR count). The molecular formula is C15H23ClN2O3. The first kappa shape index (κ1) is 17.6. The van der Waals surface area contributed by atoms with Gasteiger partial charge in [-0.15, -0.1) is 12.4 Å². The average molecular weight is 315 g/mol. The Balaban J connectivity index is 0.00000220. The summed E-state index contributed by atoms with van der Waals surface area (Å²) in [7, 11) is 0. The molecule has 2 atom stereocenters. The van der Waals surface area contributed by atoms with Gasteiger partial charge in [0.15, 0.2) is 11.5 Å². The second kappa shape index (κ2) is 8.10. The highest BCUT2D eigenvalue weighted by Gasteiger charge is 2.16. The summed E-state index contributed by atoms with van der Waals surface area (Å²) in [5.74, 6) is 1.39. The number of fused-ring (bicyclic) bond motifs is 1. The third-order valence-electron chi connectivity index (χ3n) is 3.52. The normalized spacial score (nSPS) is 15.6. The fourth-order valence-corrected chi connectivity index (χ4v) is 1.97. The number of amides is 1. The first-order valence-electron chi connectivity index (χ1n) is 6.99. The van der Waals surface area contributed by atoms with Crippen LogP contribution in [0.5, 0.6) is 11.5 Å². The molecule has 0 saturated carbocycles. The Morgan fingerprint density at radius 1 is 1.29 bits per heavy atom. The Labute approximate surface area is 131 Å². The van der Waals surface area contributed by atoms with Gasteiger partial charge in [-0.25, -0.2) is 0 Å². The molecule has 1 aliphatic heterocycles. The fourth-order valence-electron chi connectivity index (χ4n) is 1.97. The Morgan fingerprint density at radius 2 is 1.95 bits per heavy atom. The monoisotopic (exact) mass is 314 g/mol. The van der Waals surface area contributed by atoms with Crippen LogP contribution < -0.4 is 20.5 Å². The average Bonchev–Trinajstić information content (AvgIpc) is 2.46. The van der Waals surface area contributed by atoms with Crippen molar-refractivity contribution < 1.29 is 14.3 Å². The summed E-state index contributed by atoms with van der Waals surface area (Å²) in [4.78, 5) is 11.8.